The van der Waals surface area contributed by atoms with Gasteiger partial charge in [0.25, 0.3) is 0 Å². The normalized spacial score (nSPS) is 11.1. The summed E-state index contributed by atoms with van der Waals surface area (Å²) in [5.74, 6) is 0.755. The van der Waals surface area contributed by atoms with E-state index in [1.54, 1.807) is 0 Å². The second-order valence-electron chi connectivity index (χ2n) is 4.80. The van der Waals surface area contributed by atoms with Crippen LogP contribution in [-0.2, 0) is 0 Å². The molecule has 0 saturated carbocycles. The van der Waals surface area contributed by atoms with Gasteiger partial charge in [0.1, 0.15) is 0 Å². The van der Waals surface area contributed by atoms with Crippen LogP contribution in [0.3, 0.4) is 0 Å². The van der Waals surface area contributed by atoms with E-state index >= 15 is 0 Å². The zero-order valence-corrected chi connectivity index (χ0v) is 11.9. The second kappa shape index (κ2) is 4.28. The molecule has 0 fully saturated rings. The van der Waals surface area contributed by atoms with Crippen molar-refractivity contribution in [3.8, 4) is 11.4 Å². The van der Waals surface area contributed by atoms with Crippen molar-refractivity contribution < 1.29 is 0 Å². The SMILES string of the molecule is Cc1cc(C)c2nc(C)cc(-c3nc(=S)[nH][nH]3)c2c1. The molecular formula is C14H14N4S. The number of pyridine rings is 1. The molecule has 19 heavy (non-hydrogen) atoms. The summed E-state index contributed by atoms with van der Waals surface area (Å²) in [5, 5.41) is 6.95. The minimum Gasteiger partial charge on any atom is -0.282 e. The number of aryl methyl sites for hydroxylation is 3. The summed E-state index contributed by atoms with van der Waals surface area (Å²) in [5.41, 5.74) is 5.40. The van der Waals surface area contributed by atoms with Crippen LogP contribution in [0.4, 0.5) is 0 Å². The molecule has 2 aromatic heterocycles. The van der Waals surface area contributed by atoms with Gasteiger partial charge in [-0.3, -0.25) is 15.2 Å². The molecule has 0 aliphatic heterocycles. The quantitative estimate of drug-likeness (QED) is 0.664. The first kappa shape index (κ1) is 12.0. The van der Waals surface area contributed by atoms with Gasteiger partial charge < -0.3 is 0 Å². The van der Waals surface area contributed by atoms with E-state index in [9.17, 15) is 0 Å². The first-order valence-corrected chi connectivity index (χ1v) is 6.49. The van der Waals surface area contributed by atoms with E-state index < -0.39 is 0 Å². The van der Waals surface area contributed by atoms with Crippen molar-refractivity contribution in [2.45, 2.75) is 20.8 Å². The van der Waals surface area contributed by atoms with Gasteiger partial charge in [-0.1, -0.05) is 11.6 Å². The van der Waals surface area contributed by atoms with Gasteiger partial charge in [-0.25, -0.2) is 0 Å². The lowest BCUT2D eigenvalue weighted by Gasteiger charge is -2.09. The second-order valence-corrected chi connectivity index (χ2v) is 5.19. The number of rotatable bonds is 1. The van der Waals surface area contributed by atoms with Gasteiger partial charge in [0.15, 0.2) is 5.82 Å². The topological polar surface area (TPSA) is 57.4 Å². The Bertz CT molecular complexity index is 829. The molecule has 0 atom stereocenters. The standard InChI is InChI=1S/C14H14N4S/c1-7-4-8(2)12-10(5-7)11(6-9(3)15-12)13-16-14(19)18-17-13/h4-6H,1-3H3,(H2,16,17,18,19). The third kappa shape index (κ3) is 2.06. The van der Waals surface area contributed by atoms with Crippen molar-refractivity contribution in [3.63, 3.8) is 0 Å². The van der Waals surface area contributed by atoms with Crippen LogP contribution in [0, 0.1) is 25.5 Å². The van der Waals surface area contributed by atoms with Crippen molar-refractivity contribution in [1.29, 1.82) is 0 Å². The Morgan fingerprint density at radius 3 is 2.47 bits per heavy atom. The Morgan fingerprint density at radius 1 is 1.00 bits per heavy atom. The van der Waals surface area contributed by atoms with E-state index in [1.165, 1.54) is 11.1 Å². The van der Waals surface area contributed by atoms with Crippen molar-refractivity contribution in [3.05, 3.63) is 39.8 Å². The Kier molecular flexibility index (Phi) is 2.71. The predicted molar refractivity (Wildman–Crippen MR) is 78.7 cm³/mol. The third-order valence-corrected chi connectivity index (χ3v) is 3.33. The van der Waals surface area contributed by atoms with E-state index in [1.807, 2.05) is 13.0 Å². The van der Waals surface area contributed by atoms with Gasteiger partial charge in [-0.05, 0) is 50.7 Å². The first-order chi connectivity index (χ1) is 9.04. The molecule has 3 aromatic rings. The predicted octanol–water partition coefficient (Wildman–Crippen LogP) is 3.61. The maximum Gasteiger partial charge on any atom is 0.213 e. The number of hydrogen-bond acceptors (Lipinski definition) is 3. The van der Waals surface area contributed by atoms with Crippen LogP contribution in [0.5, 0.6) is 0 Å². The molecule has 0 saturated heterocycles. The fourth-order valence-corrected chi connectivity index (χ4v) is 2.54. The number of H-pyrrole nitrogens is 2. The molecule has 0 unspecified atom stereocenters. The summed E-state index contributed by atoms with van der Waals surface area (Å²) < 4.78 is 0.460. The lowest BCUT2D eigenvalue weighted by Crippen LogP contribution is -1.93. The fraction of sp³-hybridized carbons (Fsp3) is 0.214. The molecule has 0 bridgehead atoms. The van der Waals surface area contributed by atoms with Crippen molar-refractivity contribution in [2.75, 3.05) is 0 Å². The molecule has 96 valence electrons. The summed E-state index contributed by atoms with van der Waals surface area (Å²) in [6, 6.07) is 6.31. The molecule has 0 amide bonds. The highest BCUT2D eigenvalue weighted by molar-refractivity contribution is 7.71. The van der Waals surface area contributed by atoms with Crippen LogP contribution < -0.4 is 0 Å². The number of nitrogens with one attached hydrogen (secondary N) is 2. The minimum absolute atomic E-state index is 0.460. The van der Waals surface area contributed by atoms with Crippen LogP contribution in [0.25, 0.3) is 22.3 Å². The van der Waals surface area contributed by atoms with E-state index in [0.29, 0.717) is 4.77 Å². The number of nitrogens with zero attached hydrogens (tertiary/aromatic N) is 2. The van der Waals surface area contributed by atoms with Gasteiger partial charge >= 0.3 is 0 Å². The van der Waals surface area contributed by atoms with Gasteiger partial charge in [-0.2, -0.15) is 4.98 Å². The van der Waals surface area contributed by atoms with Gasteiger partial charge in [0.2, 0.25) is 4.77 Å². The van der Waals surface area contributed by atoms with Gasteiger partial charge in [0.05, 0.1) is 5.52 Å². The largest absolute Gasteiger partial charge is 0.282 e. The van der Waals surface area contributed by atoms with Crippen molar-refractivity contribution in [2.24, 2.45) is 0 Å². The summed E-state index contributed by atoms with van der Waals surface area (Å²) in [6.07, 6.45) is 0. The molecular weight excluding hydrogens is 256 g/mol. The van der Waals surface area contributed by atoms with Gasteiger partial charge in [-0.15, -0.1) is 0 Å². The van der Waals surface area contributed by atoms with Crippen molar-refractivity contribution >= 4 is 23.1 Å². The molecule has 3 rings (SSSR count). The number of benzene rings is 1. The highest BCUT2D eigenvalue weighted by Crippen LogP contribution is 2.28. The smallest absolute Gasteiger partial charge is 0.213 e. The Labute approximate surface area is 115 Å². The molecule has 0 radical (unpaired) electrons. The zero-order valence-electron chi connectivity index (χ0n) is 11.0. The maximum absolute atomic E-state index is 5.03. The molecule has 0 spiro atoms. The third-order valence-electron chi connectivity index (χ3n) is 3.13. The number of aromatic nitrogens is 4. The van der Waals surface area contributed by atoms with E-state index in [4.69, 9.17) is 12.2 Å². The molecule has 0 aliphatic carbocycles. The van der Waals surface area contributed by atoms with Crippen molar-refractivity contribution in [1.82, 2.24) is 20.2 Å². The van der Waals surface area contributed by atoms with Crippen LogP contribution in [0.2, 0.25) is 0 Å². The maximum atomic E-state index is 5.03. The minimum atomic E-state index is 0.460. The van der Waals surface area contributed by atoms with E-state index in [2.05, 4.69) is 46.1 Å². The number of fused-ring (bicyclic) bond motifs is 1. The average molecular weight is 270 g/mol. The zero-order chi connectivity index (χ0) is 13.6. The van der Waals surface area contributed by atoms with Crippen LogP contribution >= 0.6 is 12.2 Å². The van der Waals surface area contributed by atoms with E-state index in [-0.39, 0.29) is 0 Å². The lowest BCUT2D eigenvalue weighted by molar-refractivity contribution is 1.08. The summed E-state index contributed by atoms with van der Waals surface area (Å²) in [6.45, 7) is 6.16. The molecule has 4 nitrogen and oxygen atoms in total. The molecule has 2 heterocycles. The Balaban J connectivity index is 2.44. The Morgan fingerprint density at radius 2 is 1.79 bits per heavy atom. The monoisotopic (exact) mass is 270 g/mol. The lowest BCUT2D eigenvalue weighted by atomic mass is 10.0. The summed E-state index contributed by atoms with van der Waals surface area (Å²) in [4.78, 5) is 8.94. The molecule has 5 heteroatoms. The van der Waals surface area contributed by atoms with Crippen LogP contribution in [-0.4, -0.2) is 20.2 Å². The fourth-order valence-electron chi connectivity index (χ4n) is 2.40. The van der Waals surface area contributed by atoms with Crippen LogP contribution in [0.1, 0.15) is 16.8 Å². The Hall–Kier alpha value is -2.01. The van der Waals surface area contributed by atoms with Gasteiger partial charge in [0, 0.05) is 16.6 Å². The molecule has 2 N–H and O–H groups in total. The highest BCUT2D eigenvalue weighted by Gasteiger charge is 2.11. The highest BCUT2D eigenvalue weighted by atomic mass is 32.1. The van der Waals surface area contributed by atoms with E-state index in [0.717, 1.165) is 28.0 Å². The first-order valence-electron chi connectivity index (χ1n) is 6.08. The number of hydrogen-bond donors (Lipinski definition) is 2. The average Bonchev–Trinajstić information content (AvgIpc) is 2.76. The summed E-state index contributed by atoms with van der Waals surface area (Å²) >= 11 is 5.03. The summed E-state index contributed by atoms with van der Waals surface area (Å²) in [7, 11) is 0. The number of aromatic amines is 2. The van der Waals surface area contributed by atoms with Crippen LogP contribution in [0.15, 0.2) is 18.2 Å². The molecule has 1 aromatic carbocycles. The molecule has 0 aliphatic rings.